The van der Waals surface area contributed by atoms with Gasteiger partial charge in [0.2, 0.25) is 0 Å². The predicted molar refractivity (Wildman–Crippen MR) is 66.0 cm³/mol. The van der Waals surface area contributed by atoms with Crippen molar-refractivity contribution in [3.05, 3.63) is 29.6 Å². The van der Waals surface area contributed by atoms with Crippen LogP contribution in [0.15, 0.2) is 18.3 Å². The van der Waals surface area contributed by atoms with E-state index in [0.29, 0.717) is 0 Å². The van der Waals surface area contributed by atoms with Crippen molar-refractivity contribution in [1.29, 1.82) is 0 Å². The van der Waals surface area contributed by atoms with Crippen LogP contribution in [0.2, 0.25) is 0 Å². The number of carboxylic acid groups (broad SMARTS) is 1. The van der Waals surface area contributed by atoms with Crippen LogP contribution in [0.25, 0.3) is 0 Å². The number of hydrogen-bond acceptors (Lipinski definition) is 5. The topological polar surface area (TPSA) is 100.0 Å². The summed E-state index contributed by atoms with van der Waals surface area (Å²) in [6, 6.07) is 2.62. The number of pyridine rings is 1. The number of hydrogen-bond donors (Lipinski definition) is 2. The van der Waals surface area contributed by atoms with E-state index in [0.717, 1.165) is 0 Å². The summed E-state index contributed by atoms with van der Waals surface area (Å²) in [5.74, 6) is -1.59. The maximum atomic E-state index is 12.0. The van der Waals surface area contributed by atoms with Crippen LogP contribution in [0.5, 0.6) is 0 Å². The lowest BCUT2D eigenvalue weighted by Crippen LogP contribution is -2.36. The molecular weight excluding hydrogens is 252 g/mol. The number of likely N-dealkylation sites (N-methyl/N-ethyl adjacent to an activating group) is 1. The molecule has 0 spiro atoms. The highest BCUT2D eigenvalue weighted by molar-refractivity contribution is 5.96. The standard InChI is InChI=1S/C12H16N2O5/c1-14(6-9(15)7-19-2)11(16)8-3-4-13-10(5-8)12(17)18/h3-5,9,15H,6-7H2,1-2H3,(H,17,18). The van der Waals surface area contributed by atoms with Crippen LogP contribution in [0.3, 0.4) is 0 Å². The highest BCUT2D eigenvalue weighted by Gasteiger charge is 2.17. The fraction of sp³-hybridized carbons (Fsp3) is 0.417. The van der Waals surface area contributed by atoms with Gasteiger partial charge in [-0.2, -0.15) is 0 Å². The molecule has 1 atom stereocenters. The molecule has 1 unspecified atom stereocenters. The summed E-state index contributed by atoms with van der Waals surface area (Å²) in [7, 11) is 2.97. The van der Waals surface area contributed by atoms with Crippen molar-refractivity contribution in [2.75, 3.05) is 27.3 Å². The monoisotopic (exact) mass is 268 g/mol. The number of ether oxygens (including phenoxy) is 1. The second-order valence-electron chi connectivity index (χ2n) is 4.03. The van der Waals surface area contributed by atoms with Gasteiger partial charge in [-0.1, -0.05) is 0 Å². The summed E-state index contributed by atoms with van der Waals surface area (Å²) in [6.07, 6.45) is 0.468. The van der Waals surface area contributed by atoms with Gasteiger partial charge in [0, 0.05) is 32.5 Å². The van der Waals surface area contributed by atoms with Gasteiger partial charge in [-0.25, -0.2) is 9.78 Å². The molecule has 0 aromatic carbocycles. The molecule has 104 valence electrons. The maximum Gasteiger partial charge on any atom is 0.354 e. The third-order valence-electron chi connectivity index (χ3n) is 2.42. The first-order valence-corrected chi connectivity index (χ1v) is 5.57. The van der Waals surface area contributed by atoms with Gasteiger partial charge in [-0.3, -0.25) is 4.79 Å². The third kappa shape index (κ3) is 4.31. The van der Waals surface area contributed by atoms with Crippen LogP contribution in [0.4, 0.5) is 0 Å². The molecule has 0 saturated carbocycles. The Morgan fingerprint density at radius 3 is 2.79 bits per heavy atom. The molecule has 1 aromatic heterocycles. The Hall–Kier alpha value is -1.99. The number of nitrogens with zero attached hydrogens (tertiary/aromatic N) is 2. The molecule has 2 N–H and O–H groups in total. The van der Waals surface area contributed by atoms with Crippen molar-refractivity contribution < 1.29 is 24.5 Å². The van der Waals surface area contributed by atoms with Crippen molar-refractivity contribution >= 4 is 11.9 Å². The smallest absolute Gasteiger partial charge is 0.354 e. The fourth-order valence-electron chi connectivity index (χ4n) is 1.55. The van der Waals surface area contributed by atoms with Gasteiger partial charge in [0.05, 0.1) is 12.7 Å². The Kier molecular flexibility index (Phi) is 5.40. The van der Waals surface area contributed by atoms with Crippen LogP contribution in [0, 0.1) is 0 Å². The summed E-state index contributed by atoms with van der Waals surface area (Å²) < 4.78 is 4.76. The van der Waals surface area contributed by atoms with E-state index in [1.54, 1.807) is 0 Å². The van der Waals surface area contributed by atoms with E-state index in [-0.39, 0.29) is 30.3 Å². The van der Waals surface area contributed by atoms with E-state index >= 15 is 0 Å². The molecule has 19 heavy (non-hydrogen) atoms. The third-order valence-corrected chi connectivity index (χ3v) is 2.42. The highest BCUT2D eigenvalue weighted by Crippen LogP contribution is 2.06. The van der Waals surface area contributed by atoms with E-state index in [2.05, 4.69) is 4.98 Å². The number of methoxy groups -OCH3 is 1. The Morgan fingerprint density at radius 2 is 2.21 bits per heavy atom. The van der Waals surface area contributed by atoms with Crippen molar-refractivity contribution in [2.24, 2.45) is 0 Å². The lowest BCUT2D eigenvalue weighted by Gasteiger charge is -2.20. The van der Waals surface area contributed by atoms with E-state index in [1.807, 2.05) is 0 Å². The van der Waals surface area contributed by atoms with Crippen LogP contribution in [0.1, 0.15) is 20.8 Å². The number of aliphatic hydroxyl groups is 1. The first-order valence-electron chi connectivity index (χ1n) is 5.57. The van der Waals surface area contributed by atoms with E-state index in [9.17, 15) is 14.7 Å². The Morgan fingerprint density at radius 1 is 1.53 bits per heavy atom. The summed E-state index contributed by atoms with van der Waals surface area (Å²) >= 11 is 0. The molecule has 0 radical (unpaired) electrons. The van der Waals surface area contributed by atoms with Crippen molar-refractivity contribution in [3.63, 3.8) is 0 Å². The van der Waals surface area contributed by atoms with E-state index < -0.39 is 12.1 Å². The normalized spacial score (nSPS) is 11.9. The lowest BCUT2D eigenvalue weighted by atomic mass is 10.2. The average molecular weight is 268 g/mol. The summed E-state index contributed by atoms with van der Waals surface area (Å²) in [5, 5.41) is 18.3. The van der Waals surface area contributed by atoms with Crippen LogP contribution in [-0.2, 0) is 4.74 Å². The molecule has 7 heteroatoms. The molecule has 0 aliphatic rings. The minimum Gasteiger partial charge on any atom is -0.477 e. The SMILES string of the molecule is COCC(O)CN(C)C(=O)c1ccnc(C(=O)O)c1. The number of aromatic nitrogens is 1. The van der Waals surface area contributed by atoms with Crippen LogP contribution < -0.4 is 0 Å². The molecule has 1 heterocycles. The molecule has 1 rings (SSSR count). The van der Waals surface area contributed by atoms with Gasteiger partial charge < -0.3 is 19.8 Å². The molecule has 0 bridgehead atoms. The van der Waals surface area contributed by atoms with Gasteiger partial charge in [0.15, 0.2) is 0 Å². The summed E-state index contributed by atoms with van der Waals surface area (Å²) in [6.45, 7) is 0.214. The van der Waals surface area contributed by atoms with E-state index in [4.69, 9.17) is 9.84 Å². The molecule has 0 saturated heterocycles. The number of carboxylic acids is 1. The minimum absolute atomic E-state index is 0.0946. The van der Waals surface area contributed by atoms with Crippen molar-refractivity contribution in [3.8, 4) is 0 Å². The number of rotatable bonds is 6. The molecule has 0 fully saturated rings. The summed E-state index contributed by atoms with van der Waals surface area (Å²) in [5.41, 5.74) is 0.0104. The van der Waals surface area contributed by atoms with Gasteiger partial charge in [-0.15, -0.1) is 0 Å². The zero-order chi connectivity index (χ0) is 14.4. The zero-order valence-electron chi connectivity index (χ0n) is 10.7. The zero-order valence-corrected chi connectivity index (χ0v) is 10.7. The number of carbonyl (C=O) groups excluding carboxylic acids is 1. The molecule has 0 aliphatic heterocycles. The first kappa shape index (κ1) is 15.1. The number of aromatic carboxylic acids is 1. The number of carbonyl (C=O) groups is 2. The quantitative estimate of drug-likeness (QED) is 0.744. The van der Waals surface area contributed by atoms with E-state index in [1.165, 1.54) is 37.4 Å². The second-order valence-corrected chi connectivity index (χ2v) is 4.03. The lowest BCUT2D eigenvalue weighted by molar-refractivity contribution is 0.0380. The molecule has 1 aromatic rings. The van der Waals surface area contributed by atoms with Gasteiger partial charge in [0.25, 0.3) is 5.91 Å². The van der Waals surface area contributed by atoms with Crippen molar-refractivity contribution in [1.82, 2.24) is 9.88 Å². The van der Waals surface area contributed by atoms with Gasteiger partial charge in [0.1, 0.15) is 5.69 Å². The Balaban J connectivity index is 2.76. The predicted octanol–water partition coefficient (Wildman–Crippen LogP) is -0.141. The molecular formula is C12H16N2O5. The largest absolute Gasteiger partial charge is 0.477 e. The minimum atomic E-state index is -1.20. The van der Waals surface area contributed by atoms with Crippen molar-refractivity contribution in [2.45, 2.75) is 6.10 Å². The molecule has 7 nitrogen and oxygen atoms in total. The van der Waals surface area contributed by atoms with Crippen LogP contribution >= 0.6 is 0 Å². The second kappa shape index (κ2) is 6.81. The first-order chi connectivity index (χ1) is 8.95. The fourth-order valence-corrected chi connectivity index (χ4v) is 1.55. The summed E-state index contributed by atoms with van der Waals surface area (Å²) in [4.78, 5) is 27.7. The average Bonchev–Trinajstić information content (AvgIpc) is 2.38. The highest BCUT2D eigenvalue weighted by atomic mass is 16.5. The number of amides is 1. The Bertz CT molecular complexity index is 463. The Labute approximate surface area is 110 Å². The number of aliphatic hydroxyl groups excluding tert-OH is 1. The molecule has 1 amide bonds. The van der Waals surface area contributed by atoms with Gasteiger partial charge >= 0.3 is 5.97 Å². The van der Waals surface area contributed by atoms with Gasteiger partial charge in [-0.05, 0) is 12.1 Å². The maximum absolute atomic E-state index is 12.0. The van der Waals surface area contributed by atoms with Crippen LogP contribution in [-0.4, -0.2) is 65.4 Å². The molecule has 0 aliphatic carbocycles.